The summed E-state index contributed by atoms with van der Waals surface area (Å²) in [5, 5.41) is 0. The molecule has 274 valence electrons. The highest BCUT2D eigenvalue weighted by atomic mass is 19.5. The molecule has 0 N–H and O–H groups in total. The Morgan fingerprint density at radius 3 is 1.14 bits per heavy atom. The predicted octanol–water partition coefficient (Wildman–Crippen LogP) is 13.9. The number of aryl methyl sites for hydroxylation is 1. The molecule has 0 aliphatic carbocycles. The predicted molar refractivity (Wildman–Crippen MR) is 190 cm³/mol. The molecule has 0 unspecified atom stereocenters. The zero-order valence-electron chi connectivity index (χ0n) is 28.9. The van der Waals surface area contributed by atoms with Gasteiger partial charge in [0.1, 0.15) is 6.54 Å². The van der Waals surface area contributed by atoms with Crippen molar-refractivity contribution < 1.29 is 43.5 Å². The number of pyridine rings is 1. The Labute approximate surface area is 292 Å². The van der Waals surface area contributed by atoms with Crippen LogP contribution in [0.4, 0.5) is 34.5 Å². The van der Waals surface area contributed by atoms with Crippen LogP contribution in [0.1, 0.15) is 96.8 Å². The minimum Gasteiger partial charge on any atom is -0.418 e. The van der Waals surface area contributed by atoms with Crippen LogP contribution in [-0.4, -0.2) is 14.5 Å². The maximum atomic E-state index is 9.75. The molecular formula is C38H49B2F8NO. The smallest absolute Gasteiger partial charge is 0.418 e. The first-order chi connectivity index (χ1) is 23.8. The summed E-state index contributed by atoms with van der Waals surface area (Å²) in [5.74, 6) is 1.77. The highest BCUT2D eigenvalue weighted by Crippen LogP contribution is 2.32. The SMILES string of the molecule is CCCCCCCCCCCCCCCC[n+]1ccc(-c2cc(-c3ccccc3)[o+]c(-c3ccccc3)c2)cc1.F[B-](F)(F)F.F[B-](F)(F)F. The molecule has 2 aromatic heterocycles. The first kappa shape index (κ1) is 42.5. The van der Waals surface area contributed by atoms with Gasteiger partial charge in [-0.1, -0.05) is 120 Å². The average Bonchev–Trinajstić information content (AvgIpc) is 3.08. The lowest BCUT2D eigenvalue weighted by Crippen LogP contribution is -2.32. The second kappa shape index (κ2) is 23.7. The maximum absolute atomic E-state index is 9.75. The van der Waals surface area contributed by atoms with Crippen molar-refractivity contribution in [3.05, 3.63) is 97.3 Å². The largest absolute Gasteiger partial charge is 0.673 e. The fraction of sp³-hybridized carbons (Fsp3) is 0.421. The number of hydrogen-bond donors (Lipinski definition) is 0. The number of benzene rings is 2. The molecule has 0 saturated heterocycles. The van der Waals surface area contributed by atoms with Gasteiger partial charge in [-0.3, -0.25) is 0 Å². The minimum atomic E-state index is -6.00. The van der Waals surface area contributed by atoms with Crippen LogP contribution in [0.3, 0.4) is 0 Å². The van der Waals surface area contributed by atoms with Crippen molar-refractivity contribution in [3.8, 4) is 33.8 Å². The van der Waals surface area contributed by atoms with Gasteiger partial charge in [0, 0.05) is 24.1 Å². The van der Waals surface area contributed by atoms with E-state index in [0.29, 0.717) is 0 Å². The molecule has 2 heterocycles. The zero-order valence-corrected chi connectivity index (χ0v) is 28.9. The summed E-state index contributed by atoms with van der Waals surface area (Å²) in [6.45, 7) is 3.38. The summed E-state index contributed by atoms with van der Waals surface area (Å²) in [7, 11) is -12.0. The quantitative estimate of drug-likeness (QED) is 0.0330. The summed E-state index contributed by atoms with van der Waals surface area (Å²) < 4.78 is 86.7. The molecule has 0 aliphatic rings. The Morgan fingerprint density at radius 2 is 0.780 bits per heavy atom. The summed E-state index contributed by atoms with van der Waals surface area (Å²) in [6, 6.07) is 29.5. The molecule has 4 aromatic rings. The molecule has 12 heteroatoms. The molecule has 0 amide bonds. The highest BCUT2D eigenvalue weighted by molar-refractivity contribution is 6.50. The van der Waals surface area contributed by atoms with Crippen molar-refractivity contribution in [1.82, 2.24) is 0 Å². The van der Waals surface area contributed by atoms with E-state index in [2.05, 4.69) is 96.7 Å². The Morgan fingerprint density at radius 1 is 0.440 bits per heavy atom. The van der Waals surface area contributed by atoms with Crippen LogP contribution in [0.25, 0.3) is 33.8 Å². The lowest BCUT2D eigenvalue weighted by molar-refractivity contribution is -0.697. The Balaban J connectivity index is 0.000000761. The molecule has 0 aliphatic heterocycles. The van der Waals surface area contributed by atoms with Crippen LogP contribution in [0.15, 0.2) is 102 Å². The molecule has 0 radical (unpaired) electrons. The van der Waals surface area contributed by atoms with Gasteiger partial charge >= 0.3 is 26.0 Å². The van der Waals surface area contributed by atoms with E-state index in [1.54, 1.807) is 0 Å². The summed E-state index contributed by atoms with van der Waals surface area (Å²) in [4.78, 5) is 0. The van der Waals surface area contributed by atoms with Crippen LogP contribution in [0.2, 0.25) is 0 Å². The van der Waals surface area contributed by atoms with Gasteiger partial charge in [-0.2, -0.15) is 0 Å². The molecule has 2 aromatic carbocycles. The Hall–Kier alpha value is -3.69. The fourth-order valence-corrected chi connectivity index (χ4v) is 5.45. The third-order valence-corrected chi connectivity index (χ3v) is 7.90. The van der Waals surface area contributed by atoms with Crippen molar-refractivity contribution in [2.24, 2.45) is 0 Å². The first-order valence-corrected chi connectivity index (χ1v) is 17.7. The van der Waals surface area contributed by atoms with Gasteiger partial charge in [0.15, 0.2) is 12.4 Å². The monoisotopic (exact) mass is 709 g/mol. The molecule has 0 bridgehead atoms. The van der Waals surface area contributed by atoms with E-state index in [1.807, 2.05) is 12.1 Å². The van der Waals surface area contributed by atoms with E-state index >= 15 is 0 Å². The van der Waals surface area contributed by atoms with Gasteiger partial charge in [-0.15, -0.1) is 0 Å². The lowest BCUT2D eigenvalue weighted by Gasteiger charge is -2.04. The second-order valence-electron chi connectivity index (χ2n) is 12.2. The van der Waals surface area contributed by atoms with Crippen molar-refractivity contribution in [2.75, 3.05) is 0 Å². The van der Waals surface area contributed by atoms with E-state index in [9.17, 15) is 34.5 Å². The standard InChI is InChI=1S/C38H49NO.2BF4/c1-2-3-4-5-6-7-8-9-10-11-12-13-14-21-28-39-29-26-33(27-30-39)36-31-37(34-22-17-15-18-23-34)40-38(32-36)35-24-19-16-20-25-35;2*2-1(3,4)5/h15-20,22-27,29-32H,2-14,21,28H2,1H3;;/q+2;2*-1. The van der Waals surface area contributed by atoms with Crippen LogP contribution in [0.5, 0.6) is 0 Å². The molecule has 2 nitrogen and oxygen atoms in total. The Bertz CT molecular complexity index is 1360. The van der Waals surface area contributed by atoms with Crippen LogP contribution >= 0.6 is 0 Å². The van der Waals surface area contributed by atoms with E-state index < -0.39 is 14.5 Å². The van der Waals surface area contributed by atoms with Gasteiger partial charge in [0.25, 0.3) is 0 Å². The molecule has 0 atom stereocenters. The summed E-state index contributed by atoms with van der Waals surface area (Å²) in [6.07, 6.45) is 24.1. The van der Waals surface area contributed by atoms with Crippen molar-refractivity contribution in [3.63, 3.8) is 0 Å². The number of hydrogen-bond acceptors (Lipinski definition) is 0. The van der Waals surface area contributed by atoms with E-state index in [-0.39, 0.29) is 0 Å². The van der Waals surface area contributed by atoms with E-state index in [4.69, 9.17) is 4.42 Å². The lowest BCUT2D eigenvalue weighted by atomic mass is 10.0. The first-order valence-electron chi connectivity index (χ1n) is 17.7. The van der Waals surface area contributed by atoms with Gasteiger partial charge < -0.3 is 34.5 Å². The normalized spacial score (nSPS) is 11.3. The van der Waals surface area contributed by atoms with Crippen LogP contribution in [-0.2, 0) is 6.54 Å². The minimum absolute atomic E-state index is 0.885. The summed E-state index contributed by atoms with van der Waals surface area (Å²) >= 11 is 0. The molecule has 0 fully saturated rings. The van der Waals surface area contributed by atoms with Gasteiger partial charge in [0.05, 0.1) is 23.3 Å². The number of rotatable bonds is 18. The highest BCUT2D eigenvalue weighted by Gasteiger charge is 2.22. The van der Waals surface area contributed by atoms with Crippen molar-refractivity contribution in [1.29, 1.82) is 0 Å². The number of aromatic nitrogens is 1. The molecule has 0 saturated carbocycles. The second-order valence-corrected chi connectivity index (χ2v) is 12.2. The van der Waals surface area contributed by atoms with Crippen LogP contribution in [0, 0.1) is 0 Å². The average molecular weight is 709 g/mol. The maximum Gasteiger partial charge on any atom is 0.673 e. The third kappa shape index (κ3) is 21.4. The number of unbranched alkanes of at least 4 members (excludes halogenated alkanes) is 13. The van der Waals surface area contributed by atoms with Crippen LogP contribution < -0.4 is 4.57 Å². The molecular weight excluding hydrogens is 660 g/mol. The third-order valence-electron chi connectivity index (χ3n) is 7.90. The van der Waals surface area contributed by atoms with E-state index in [0.717, 1.165) is 29.2 Å². The zero-order chi connectivity index (χ0) is 36.7. The number of halogens is 8. The van der Waals surface area contributed by atoms with Crippen molar-refractivity contribution >= 4 is 14.5 Å². The Kier molecular flexibility index (Phi) is 20.1. The molecule has 50 heavy (non-hydrogen) atoms. The van der Waals surface area contributed by atoms with E-state index in [1.165, 1.54) is 101 Å². The fourth-order valence-electron chi connectivity index (χ4n) is 5.45. The topological polar surface area (TPSA) is 15.2 Å². The molecule has 4 rings (SSSR count). The summed E-state index contributed by atoms with van der Waals surface area (Å²) in [5.41, 5.74) is 4.56. The van der Waals surface area contributed by atoms with Crippen molar-refractivity contribution in [2.45, 2.75) is 103 Å². The number of nitrogens with zero attached hydrogens (tertiary/aromatic N) is 1. The van der Waals surface area contributed by atoms with Gasteiger partial charge in [0.2, 0.25) is 0 Å². The van der Waals surface area contributed by atoms with Gasteiger partial charge in [-0.05, 0) is 36.2 Å². The molecule has 0 spiro atoms. The van der Waals surface area contributed by atoms with Gasteiger partial charge in [-0.25, -0.2) is 8.98 Å².